The highest BCUT2D eigenvalue weighted by atomic mass is 16.3. The first kappa shape index (κ1) is 12.8. The average Bonchev–Trinajstić information content (AvgIpc) is 2.49. The summed E-state index contributed by atoms with van der Waals surface area (Å²) in [5, 5.41) is 10.2. The third kappa shape index (κ3) is 2.86. The number of hydrogen-bond donors (Lipinski definition) is 1. The van der Waals surface area contributed by atoms with Crippen molar-refractivity contribution in [2.24, 2.45) is 0 Å². The van der Waals surface area contributed by atoms with E-state index in [4.69, 9.17) is 0 Å². The van der Waals surface area contributed by atoms with Crippen LogP contribution in [0.5, 0.6) is 5.75 Å². The van der Waals surface area contributed by atoms with Gasteiger partial charge in [0, 0.05) is 0 Å². The van der Waals surface area contributed by atoms with Crippen LogP contribution in [0.25, 0.3) is 5.57 Å². The molecule has 0 bridgehead atoms. The van der Waals surface area contributed by atoms with Gasteiger partial charge in [0.15, 0.2) is 0 Å². The summed E-state index contributed by atoms with van der Waals surface area (Å²) in [6.45, 7) is 0. The topological polar surface area (TPSA) is 20.2 Å². The summed E-state index contributed by atoms with van der Waals surface area (Å²) in [4.78, 5) is 0. The summed E-state index contributed by atoms with van der Waals surface area (Å²) in [5.41, 5.74) is 4.03. The van der Waals surface area contributed by atoms with Crippen LogP contribution in [0.15, 0.2) is 24.3 Å². The molecule has 2 aliphatic carbocycles. The fraction of sp³-hybridized carbons (Fsp3) is 0.556. The largest absolute Gasteiger partial charge is 0.508 e. The SMILES string of the molecule is Oc1ccc(C2=CCCCC2)cc1C1CCCCC1. The molecule has 0 amide bonds. The minimum absolute atomic E-state index is 0.507. The zero-order chi connectivity index (χ0) is 13.1. The van der Waals surface area contributed by atoms with Crippen LogP contribution in [-0.4, -0.2) is 5.11 Å². The molecule has 1 aromatic carbocycles. The second-order valence-electron chi connectivity index (χ2n) is 6.08. The molecule has 0 heterocycles. The maximum Gasteiger partial charge on any atom is 0.119 e. The number of phenolic OH excluding ortho intramolecular Hbond substituents is 1. The van der Waals surface area contributed by atoms with Crippen molar-refractivity contribution in [2.45, 2.75) is 63.7 Å². The van der Waals surface area contributed by atoms with E-state index >= 15 is 0 Å². The molecular weight excluding hydrogens is 232 g/mol. The number of hydrogen-bond acceptors (Lipinski definition) is 1. The molecule has 0 spiro atoms. The second kappa shape index (κ2) is 5.81. The van der Waals surface area contributed by atoms with E-state index in [-0.39, 0.29) is 0 Å². The first-order valence-corrected chi connectivity index (χ1v) is 7.87. The van der Waals surface area contributed by atoms with Crippen molar-refractivity contribution in [3.63, 3.8) is 0 Å². The molecule has 0 aliphatic heterocycles. The Hall–Kier alpha value is -1.24. The van der Waals surface area contributed by atoms with Crippen molar-refractivity contribution in [2.75, 3.05) is 0 Å². The highest BCUT2D eigenvalue weighted by molar-refractivity contribution is 5.67. The van der Waals surface area contributed by atoms with E-state index in [0.29, 0.717) is 11.7 Å². The summed E-state index contributed by atoms with van der Waals surface area (Å²) >= 11 is 0. The van der Waals surface area contributed by atoms with Crippen molar-refractivity contribution in [1.29, 1.82) is 0 Å². The molecule has 1 nitrogen and oxygen atoms in total. The molecular formula is C18H24O. The molecule has 0 aromatic heterocycles. The predicted octanol–water partition coefficient (Wildman–Crippen LogP) is 5.40. The minimum atomic E-state index is 0.507. The highest BCUT2D eigenvalue weighted by Gasteiger charge is 2.19. The van der Waals surface area contributed by atoms with Crippen LogP contribution in [0.2, 0.25) is 0 Å². The van der Waals surface area contributed by atoms with Gasteiger partial charge in [-0.3, -0.25) is 0 Å². The van der Waals surface area contributed by atoms with E-state index in [1.54, 1.807) is 0 Å². The summed E-state index contributed by atoms with van der Waals surface area (Å²) in [5.74, 6) is 1.09. The molecule has 1 saturated carbocycles. The van der Waals surface area contributed by atoms with Gasteiger partial charge < -0.3 is 5.11 Å². The quantitative estimate of drug-likeness (QED) is 0.751. The molecule has 0 radical (unpaired) electrons. The van der Waals surface area contributed by atoms with Gasteiger partial charge in [-0.1, -0.05) is 31.4 Å². The third-order valence-electron chi connectivity index (χ3n) is 4.73. The van der Waals surface area contributed by atoms with Crippen LogP contribution in [0, 0.1) is 0 Å². The average molecular weight is 256 g/mol. The second-order valence-corrected chi connectivity index (χ2v) is 6.08. The van der Waals surface area contributed by atoms with E-state index in [9.17, 15) is 5.11 Å². The molecule has 102 valence electrons. The molecule has 1 N–H and O–H groups in total. The van der Waals surface area contributed by atoms with Crippen molar-refractivity contribution in [3.05, 3.63) is 35.4 Å². The van der Waals surface area contributed by atoms with Crippen molar-refractivity contribution in [1.82, 2.24) is 0 Å². The number of rotatable bonds is 2. The predicted molar refractivity (Wildman–Crippen MR) is 80.4 cm³/mol. The Morgan fingerprint density at radius 3 is 2.53 bits per heavy atom. The van der Waals surface area contributed by atoms with Gasteiger partial charge in [-0.05, 0) is 73.3 Å². The zero-order valence-electron chi connectivity index (χ0n) is 11.7. The number of phenols is 1. The Bertz CT molecular complexity index is 467. The Balaban J connectivity index is 1.88. The smallest absolute Gasteiger partial charge is 0.119 e. The summed E-state index contributed by atoms with van der Waals surface area (Å²) < 4.78 is 0. The molecule has 19 heavy (non-hydrogen) atoms. The van der Waals surface area contributed by atoms with Gasteiger partial charge >= 0.3 is 0 Å². The first-order chi connectivity index (χ1) is 9.34. The van der Waals surface area contributed by atoms with Gasteiger partial charge in [0.05, 0.1) is 0 Å². The lowest BCUT2D eigenvalue weighted by Gasteiger charge is -2.24. The lowest BCUT2D eigenvalue weighted by Crippen LogP contribution is -2.05. The molecule has 0 saturated heterocycles. The van der Waals surface area contributed by atoms with E-state index in [1.165, 1.54) is 74.5 Å². The fourth-order valence-corrected chi connectivity index (χ4v) is 3.60. The van der Waals surface area contributed by atoms with Crippen LogP contribution in [0.4, 0.5) is 0 Å². The third-order valence-corrected chi connectivity index (χ3v) is 4.73. The zero-order valence-corrected chi connectivity index (χ0v) is 11.7. The lowest BCUT2D eigenvalue weighted by atomic mass is 9.82. The normalized spacial score (nSPS) is 21.2. The molecule has 1 fully saturated rings. The van der Waals surface area contributed by atoms with Gasteiger partial charge in [0.25, 0.3) is 0 Å². The van der Waals surface area contributed by atoms with Crippen LogP contribution >= 0.6 is 0 Å². The van der Waals surface area contributed by atoms with Gasteiger partial charge in [-0.25, -0.2) is 0 Å². The summed E-state index contributed by atoms with van der Waals surface area (Å²) in [7, 11) is 0. The highest BCUT2D eigenvalue weighted by Crippen LogP contribution is 2.39. The number of aromatic hydroxyl groups is 1. The molecule has 2 aliphatic rings. The molecule has 1 heteroatoms. The fourth-order valence-electron chi connectivity index (χ4n) is 3.60. The van der Waals surface area contributed by atoms with Gasteiger partial charge in [0.2, 0.25) is 0 Å². The Morgan fingerprint density at radius 2 is 1.79 bits per heavy atom. The van der Waals surface area contributed by atoms with Crippen molar-refractivity contribution >= 4 is 5.57 Å². The minimum Gasteiger partial charge on any atom is -0.508 e. The van der Waals surface area contributed by atoms with E-state index in [1.807, 2.05) is 6.07 Å². The van der Waals surface area contributed by atoms with E-state index < -0.39 is 0 Å². The Morgan fingerprint density at radius 1 is 0.947 bits per heavy atom. The van der Waals surface area contributed by atoms with Gasteiger partial charge in [0.1, 0.15) is 5.75 Å². The summed E-state index contributed by atoms with van der Waals surface area (Å²) in [6.07, 6.45) is 13.9. The van der Waals surface area contributed by atoms with Crippen LogP contribution in [0.3, 0.4) is 0 Å². The molecule has 1 aromatic rings. The molecule has 0 atom stereocenters. The van der Waals surface area contributed by atoms with Crippen molar-refractivity contribution < 1.29 is 5.11 Å². The van der Waals surface area contributed by atoms with Crippen LogP contribution < -0.4 is 0 Å². The van der Waals surface area contributed by atoms with Gasteiger partial charge in [-0.2, -0.15) is 0 Å². The maximum atomic E-state index is 10.2. The first-order valence-electron chi connectivity index (χ1n) is 7.87. The maximum absolute atomic E-state index is 10.2. The van der Waals surface area contributed by atoms with E-state index in [0.717, 1.165) is 0 Å². The van der Waals surface area contributed by atoms with Gasteiger partial charge in [-0.15, -0.1) is 0 Å². The number of benzene rings is 1. The Labute approximate surface area is 116 Å². The monoisotopic (exact) mass is 256 g/mol. The van der Waals surface area contributed by atoms with Crippen LogP contribution in [-0.2, 0) is 0 Å². The summed E-state index contributed by atoms with van der Waals surface area (Å²) in [6, 6.07) is 6.27. The standard InChI is InChI=1S/C18H24O/c19-18-12-11-16(14-7-3-1-4-8-14)13-17(18)15-9-5-2-6-10-15/h7,11-13,15,19H,1-6,8-10H2. The number of allylic oxidation sites excluding steroid dienone is 2. The molecule has 3 rings (SSSR count). The van der Waals surface area contributed by atoms with Crippen molar-refractivity contribution in [3.8, 4) is 5.75 Å². The van der Waals surface area contributed by atoms with Crippen LogP contribution in [0.1, 0.15) is 74.8 Å². The van der Waals surface area contributed by atoms with E-state index in [2.05, 4.69) is 18.2 Å². The Kier molecular flexibility index (Phi) is 3.91. The lowest BCUT2D eigenvalue weighted by molar-refractivity contribution is 0.414. The molecule has 0 unspecified atom stereocenters.